The zero-order chi connectivity index (χ0) is 7.49. The summed E-state index contributed by atoms with van der Waals surface area (Å²) in [5.74, 6) is 0. The highest BCUT2D eigenvalue weighted by atomic mass is 16.3. The second kappa shape index (κ2) is 3.15. The summed E-state index contributed by atoms with van der Waals surface area (Å²) < 4.78 is 0. The molecule has 0 aromatic rings. The number of hydrogen-bond donors (Lipinski definition) is 2. The summed E-state index contributed by atoms with van der Waals surface area (Å²) in [5, 5.41) is 9.23. The van der Waals surface area contributed by atoms with E-state index in [0.717, 1.165) is 0 Å². The normalized spacial score (nSPS) is 18.0. The van der Waals surface area contributed by atoms with Crippen molar-refractivity contribution in [2.45, 2.75) is 19.1 Å². The number of aliphatic hydroxyl groups is 1. The second-order valence-electron chi connectivity index (χ2n) is 2.69. The Bertz CT molecular complexity index is 81.1. The van der Waals surface area contributed by atoms with Gasteiger partial charge >= 0.3 is 0 Å². The molecule has 3 heteroatoms. The fourth-order valence-electron chi connectivity index (χ4n) is 0.659. The van der Waals surface area contributed by atoms with Crippen LogP contribution in [0.3, 0.4) is 0 Å². The van der Waals surface area contributed by atoms with Gasteiger partial charge in [0.25, 0.3) is 0 Å². The maximum absolute atomic E-state index is 9.23. The molecule has 0 radical (unpaired) electrons. The molecule has 0 saturated carbocycles. The van der Waals surface area contributed by atoms with E-state index in [1.54, 1.807) is 0 Å². The van der Waals surface area contributed by atoms with Crippen LogP contribution in [-0.2, 0) is 0 Å². The lowest BCUT2D eigenvalue weighted by Gasteiger charge is -2.24. The lowest BCUT2D eigenvalue weighted by molar-refractivity contribution is 0.0182. The quantitative estimate of drug-likeness (QED) is 0.514. The SMILES string of the molecule is CCC(N)(O)CN(C)C. The Hall–Kier alpha value is -0.120. The lowest BCUT2D eigenvalue weighted by Crippen LogP contribution is -2.47. The van der Waals surface area contributed by atoms with Gasteiger partial charge in [-0.15, -0.1) is 0 Å². The molecule has 0 rings (SSSR count). The summed E-state index contributed by atoms with van der Waals surface area (Å²) in [6, 6.07) is 0. The van der Waals surface area contributed by atoms with Gasteiger partial charge < -0.3 is 15.7 Å². The number of nitrogens with zero attached hydrogens (tertiary/aromatic N) is 1. The average molecular weight is 132 g/mol. The first-order valence-electron chi connectivity index (χ1n) is 3.14. The lowest BCUT2D eigenvalue weighted by atomic mass is 10.2. The molecule has 0 fully saturated rings. The highest BCUT2D eigenvalue weighted by Gasteiger charge is 2.17. The molecule has 0 spiro atoms. The van der Waals surface area contributed by atoms with Crippen molar-refractivity contribution < 1.29 is 5.11 Å². The first kappa shape index (κ1) is 8.88. The average Bonchev–Trinajstić information content (AvgIpc) is 1.63. The summed E-state index contributed by atoms with van der Waals surface area (Å²) >= 11 is 0. The van der Waals surface area contributed by atoms with E-state index >= 15 is 0 Å². The van der Waals surface area contributed by atoms with Crippen LogP contribution in [0.1, 0.15) is 13.3 Å². The Morgan fingerprint density at radius 1 is 1.56 bits per heavy atom. The van der Waals surface area contributed by atoms with E-state index in [0.29, 0.717) is 13.0 Å². The Morgan fingerprint density at radius 3 is 2.11 bits per heavy atom. The van der Waals surface area contributed by atoms with Gasteiger partial charge in [0.15, 0.2) is 0 Å². The summed E-state index contributed by atoms with van der Waals surface area (Å²) in [4.78, 5) is 1.86. The minimum atomic E-state index is -1.01. The van der Waals surface area contributed by atoms with E-state index in [2.05, 4.69) is 0 Å². The predicted octanol–water partition coefficient (Wildman–Crippen LogP) is -0.395. The van der Waals surface area contributed by atoms with Crippen LogP contribution in [0.15, 0.2) is 0 Å². The third kappa shape index (κ3) is 4.39. The van der Waals surface area contributed by atoms with Crippen LogP contribution in [0.4, 0.5) is 0 Å². The van der Waals surface area contributed by atoms with Crippen molar-refractivity contribution in [3.63, 3.8) is 0 Å². The summed E-state index contributed by atoms with van der Waals surface area (Å²) in [7, 11) is 3.76. The molecule has 0 saturated heterocycles. The third-order valence-electron chi connectivity index (χ3n) is 1.20. The molecule has 0 amide bonds. The molecule has 0 aliphatic rings. The number of hydrogen-bond acceptors (Lipinski definition) is 3. The first-order valence-corrected chi connectivity index (χ1v) is 3.14. The van der Waals surface area contributed by atoms with Crippen LogP contribution >= 0.6 is 0 Å². The zero-order valence-corrected chi connectivity index (χ0v) is 6.39. The summed E-state index contributed by atoms with van der Waals surface area (Å²) in [6.45, 7) is 2.38. The maximum Gasteiger partial charge on any atom is 0.126 e. The van der Waals surface area contributed by atoms with E-state index < -0.39 is 5.72 Å². The fraction of sp³-hybridized carbons (Fsp3) is 1.00. The fourth-order valence-corrected chi connectivity index (χ4v) is 0.659. The van der Waals surface area contributed by atoms with Crippen LogP contribution < -0.4 is 5.73 Å². The first-order chi connectivity index (χ1) is 3.98. The molecule has 0 bridgehead atoms. The van der Waals surface area contributed by atoms with Gasteiger partial charge in [-0.2, -0.15) is 0 Å². The molecule has 0 aliphatic heterocycles. The van der Waals surface area contributed by atoms with Crippen molar-refractivity contribution in [2.75, 3.05) is 20.6 Å². The van der Waals surface area contributed by atoms with Gasteiger partial charge in [0.05, 0.1) is 0 Å². The van der Waals surface area contributed by atoms with Gasteiger partial charge in [0, 0.05) is 6.54 Å². The zero-order valence-electron chi connectivity index (χ0n) is 6.39. The van der Waals surface area contributed by atoms with Crippen molar-refractivity contribution in [1.82, 2.24) is 4.90 Å². The van der Waals surface area contributed by atoms with Crippen LogP contribution in [0, 0.1) is 0 Å². The van der Waals surface area contributed by atoms with Gasteiger partial charge in [0.2, 0.25) is 0 Å². The molecule has 3 N–H and O–H groups in total. The molecule has 9 heavy (non-hydrogen) atoms. The number of rotatable bonds is 3. The summed E-state index contributed by atoms with van der Waals surface area (Å²) in [5.41, 5.74) is 4.42. The number of likely N-dealkylation sites (N-methyl/N-ethyl adjacent to an activating group) is 1. The number of nitrogens with two attached hydrogens (primary N) is 1. The van der Waals surface area contributed by atoms with Crippen molar-refractivity contribution in [1.29, 1.82) is 0 Å². The predicted molar refractivity (Wildman–Crippen MR) is 38.0 cm³/mol. The Morgan fingerprint density at radius 2 is 2.00 bits per heavy atom. The van der Waals surface area contributed by atoms with Crippen LogP contribution in [-0.4, -0.2) is 36.4 Å². The molecule has 1 unspecified atom stereocenters. The molecular formula is C6H16N2O. The van der Waals surface area contributed by atoms with Gasteiger partial charge in [-0.25, -0.2) is 0 Å². The smallest absolute Gasteiger partial charge is 0.126 e. The molecule has 56 valence electrons. The van der Waals surface area contributed by atoms with E-state index in [4.69, 9.17) is 5.73 Å². The minimum Gasteiger partial charge on any atom is -0.375 e. The third-order valence-corrected chi connectivity index (χ3v) is 1.20. The summed E-state index contributed by atoms with van der Waals surface area (Å²) in [6.07, 6.45) is 0.588. The molecule has 3 nitrogen and oxygen atoms in total. The van der Waals surface area contributed by atoms with Crippen molar-refractivity contribution in [2.24, 2.45) is 5.73 Å². The van der Waals surface area contributed by atoms with Crippen molar-refractivity contribution >= 4 is 0 Å². The van der Waals surface area contributed by atoms with E-state index in [-0.39, 0.29) is 0 Å². The second-order valence-corrected chi connectivity index (χ2v) is 2.69. The van der Waals surface area contributed by atoms with Crippen molar-refractivity contribution in [3.05, 3.63) is 0 Å². The standard InChI is InChI=1S/C6H16N2O/c1-4-6(7,9)5-8(2)3/h9H,4-5,7H2,1-3H3. The van der Waals surface area contributed by atoms with Crippen molar-refractivity contribution in [3.8, 4) is 0 Å². The topological polar surface area (TPSA) is 49.5 Å². The van der Waals surface area contributed by atoms with Gasteiger partial charge in [-0.3, -0.25) is 0 Å². The Balaban J connectivity index is 3.58. The minimum absolute atomic E-state index is 0.517. The highest BCUT2D eigenvalue weighted by molar-refractivity contribution is 4.70. The molecule has 0 aliphatic carbocycles. The van der Waals surface area contributed by atoms with E-state index in [1.165, 1.54) is 0 Å². The molecule has 1 atom stereocenters. The van der Waals surface area contributed by atoms with Gasteiger partial charge in [-0.1, -0.05) is 6.92 Å². The maximum atomic E-state index is 9.23. The Labute approximate surface area is 56.5 Å². The van der Waals surface area contributed by atoms with Crippen LogP contribution in [0.25, 0.3) is 0 Å². The van der Waals surface area contributed by atoms with E-state index in [9.17, 15) is 5.11 Å². The Kier molecular flexibility index (Phi) is 3.11. The highest BCUT2D eigenvalue weighted by Crippen LogP contribution is 2.00. The monoisotopic (exact) mass is 132 g/mol. The molecule has 0 aromatic carbocycles. The van der Waals surface area contributed by atoms with Gasteiger partial charge in [-0.05, 0) is 20.5 Å². The van der Waals surface area contributed by atoms with E-state index in [1.807, 2.05) is 25.9 Å². The molecular weight excluding hydrogens is 116 g/mol. The van der Waals surface area contributed by atoms with Gasteiger partial charge in [0.1, 0.15) is 5.72 Å². The molecule has 0 heterocycles. The van der Waals surface area contributed by atoms with Crippen LogP contribution in [0.2, 0.25) is 0 Å². The molecule has 0 aromatic heterocycles. The largest absolute Gasteiger partial charge is 0.375 e. The van der Waals surface area contributed by atoms with Crippen LogP contribution in [0.5, 0.6) is 0 Å².